The summed E-state index contributed by atoms with van der Waals surface area (Å²) in [6, 6.07) is 15.2. The van der Waals surface area contributed by atoms with Gasteiger partial charge in [-0.15, -0.1) is 11.3 Å². The number of benzene rings is 1. The van der Waals surface area contributed by atoms with Crippen molar-refractivity contribution < 1.29 is 9.84 Å². The highest BCUT2D eigenvalue weighted by Crippen LogP contribution is 2.27. The number of aliphatic hydroxyl groups is 1. The Labute approximate surface area is 174 Å². The molecule has 1 aliphatic rings. The lowest BCUT2D eigenvalue weighted by molar-refractivity contribution is -0.0390. The van der Waals surface area contributed by atoms with Gasteiger partial charge in [0.15, 0.2) is 0 Å². The normalized spacial score (nSPS) is 16.6. The van der Waals surface area contributed by atoms with Crippen molar-refractivity contribution in [3.05, 3.63) is 69.8 Å². The van der Waals surface area contributed by atoms with Crippen LogP contribution in [-0.4, -0.2) is 45.6 Å². The van der Waals surface area contributed by atoms with Gasteiger partial charge in [-0.2, -0.15) is 5.10 Å². The van der Waals surface area contributed by atoms with Gasteiger partial charge in [0.25, 0.3) is 5.56 Å². The number of thiophene rings is 1. The molecule has 7 heteroatoms. The second-order valence-electron chi connectivity index (χ2n) is 7.50. The predicted molar refractivity (Wildman–Crippen MR) is 114 cm³/mol. The summed E-state index contributed by atoms with van der Waals surface area (Å²) in [4.78, 5) is 15.6. The number of likely N-dealkylation sites (tertiary alicyclic amines) is 1. The molecule has 29 heavy (non-hydrogen) atoms. The molecule has 4 rings (SSSR count). The molecule has 152 valence electrons. The van der Waals surface area contributed by atoms with Crippen molar-refractivity contribution in [2.24, 2.45) is 0 Å². The van der Waals surface area contributed by atoms with Crippen LogP contribution in [0.25, 0.3) is 10.6 Å². The summed E-state index contributed by atoms with van der Waals surface area (Å²) in [5, 5.41) is 17.6. The van der Waals surface area contributed by atoms with Gasteiger partial charge in [0.1, 0.15) is 11.4 Å². The number of rotatable bonds is 6. The number of ether oxygens (including phenoxy) is 1. The van der Waals surface area contributed by atoms with Crippen LogP contribution in [-0.2, 0) is 13.1 Å². The Morgan fingerprint density at radius 2 is 1.93 bits per heavy atom. The average Bonchev–Trinajstić information content (AvgIpc) is 3.27. The lowest BCUT2D eigenvalue weighted by Crippen LogP contribution is -2.48. The molecule has 0 amide bonds. The first kappa shape index (κ1) is 19.8. The van der Waals surface area contributed by atoms with E-state index in [1.807, 2.05) is 35.7 Å². The van der Waals surface area contributed by atoms with Crippen molar-refractivity contribution in [3.8, 4) is 16.3 Å². The molecule has 6 nitrogen and oxygen atoms in total. The van der Waals surface area contributed by atoms with Crippen molar-refractivity contribution >= 4 is 11.3 Å². The molecule has 0 spiro atoms. The Morgan fingerprint density at radius 3 is 2.66 bits per heavy atom. The molecule has 1 N–H and O–H groups in total. The van der Waals surface area contributed by atoms with E-state index in [0.717, 1.165) is 41.5 Å². The minimum atomic E-state index is -0.928. The molecule has 3 heterocycles. The lowest BCUT2D eigenvalue weighted by atomic mass is 9.91. The van der Waals surface area contributed by atoms with E-state index in [1.54, 1.807) is 24.5 Å². The molecule has 0 atom stereocenters. The molecule has 0 bridgehead atoms. The van der Waals surface area contributed by atoms with Crippen molar-refractivity contribution in [2.45, 2.75) is 31.5 Å². The highest BCUT2D eigenvalue weighted by Gasteiger charge is 2.33. The largest absolute Gasteiger partial charge is 0.496 e. The summed E-state index contributed by atoms with van der Waals surface area (Å²) >= 11 is 1.58. The van der Waals surface area contributed by atoms with Crippen LogP contribution in [0.4, 0.5) is 0 Å². The van der Waals surface area contributed by atoms with E-state index in [-0.39, 0.29) is 12.1 Å². The molecule has 2 aromatic heterocycles. The van der Waals surface area contributed by atoms with Crippen molar-refractivity contribution in [1.29, 1.82) is 0 Å². The zero-order valence-corrected chi connectivity index (χ0v) is 17.3. The summed E-state index contributed by atoms with van der Waals surface area (Å²) < 4.78 is 6.85. The van der Waals surface area contributed by atoms with E-state index in [2.05, 4.69) is 16.1 Å². The van der Waals surface area contributed by atoms with Crippen molar-refractivity contribution in [1.82, 2.24) is 14.7 Å². The summed E-state index contributed by atoms with van der Waals surface area (Å²) in [6.45, 7) is 2.52. The number of aromatic nitrogens is 2. The van der Waals surface area contributed by atoms with Gasteiger partial charge in [-0.3, -0.25) is 9.69 Å². The first-order valence-corrected chi connectivity index (χ1v) is 10.6. The van der Waals surface area contributed by atoms with Gasteiger partial charge in [-0.1, -0.05) is 24.3 Å². The third-order valence-corrected chi connectivity index (χ3v) is 6.35. The Hall–Kier alpha value is -2.48. The van der Waals surface area contributed by atoms with Crippen molar-refractivity contribution in [2.75, 3.05) is 20.2 Å². The molecule has 1 saturated heterocycles. The van der Waals surface area contributed by atoms with Gasteiger partial charge in [0, 0.05) is 31.3 Å². The third-order valence-electron chi connectivity index (χ3n) is 5.46. The maximum atomic E-state index is 12.3. The SMILES string of the molecule is COc1ccccc1CN1CCC(O)(Cn2nc(-c3cccs3)ccc2=O)CC1. The fourth-order valence-electron chi connectivity index (χ4n) is 3.76. The Morgan fingerprint density at radius 1 is 1.14 bits per heavy atom. The molecule has 1 fully saturated rings. The van der Waals surface area contributed by atoms with Crippen LogP contribution in [0.15, 0.2) is 58.7 Å². The van der Waals surface area contributed by atoms with Crippen LogP contribution in [0.3, 0.4) is 0 Å². The minimum Gasteiger partial charge on any atom is -0.496 e. The number of methoxy groups -OCH3 is 1. The fraction of sp³-hybridized carbons (Fsp3) is 0.364. The van der Waals surface area contributed by atoms with Crippen LogP contribution in [0.1, 0.15) is 18.4 Å². The van der Waals surface area contributed by atoms with Crippen LogP contribution in [0.2, 0.25) is 0 Å². The summed E-state index contributed by atoms with van der Waals surface area (Å²) in [7, 11) is 1.68. The van der Waals surface area contributed by atoms with Gasteiger partial charge in [-0.05, 0) is 36.4 Å². The van der Waals surface area contributed by atoms with Crippen LogP contribution in [0, 0.1) is 0 Å². The fourth-order valence-corrected chi connectivity index (χ4v) is 4.45. The molecule has 3 aromatic rings. The zero-order valence-electron chi connectivity index (χ0n) is 16.5. The smallest absolute Gasteiger partial charge is 0.266 e. The Balaban J connectivity index is 1.42. The van der Waals surface area contributed by atoms with Gasteiger partial charge >= 0.3 is 0 Å². The highest BCUT2D eigenvalue weighted by molar-refractivity contribution is 7.13. The van der Waals surface area contributed by atoms with Crippen LogP contribution < -0.4 is 10.3 Å². The van der Waals surface area contributed by atoms with Crippen molar-refractivity contribution in [3.63, 3.8) is 0 Å². The molecule has 1 aliphatic heterocycles. The molecule has 0 aliphatic carbocycles. The molecule has 0 unspecified atom stereocenters. The Bertz CT molecular complexity index is 1010. The maximum absolute atomic E-state index is 12.3. The van der Waals surface area contributed by atoms with Crippen LogP contribution >= 0.6 is 11.3 Å². The van der Waals surface area contributed by atoms with E-state index in [1.165, 1.54) is 10.7 Å². The number of nitrogens with zero attached hydrogens (tertiary/aromatic N) is 3. The first-order chi connectivity index (χ1) is 14.1. The van der Waals surface area contributed by atoms with Gasteiger partial charge < -0.3 is 9.84 Å². The molecule has 0 radical (unpaired) electrons. The van der Waals surface area contributed by atoms with Gasteiger partial charge in [0.2, 0.25) is 0 Å². The van der Waals surface area contributed by atoms with E-state index >= 15 is 0 Å². The summed E-state index contributed by atoms with van der Waals surface area (Å²) in [6.07, 6.45) is 1.19. The minimum absolute atomic E-state index is 0.185. The number of hydrogen-bond donors (Lipinski definition) is 1. The molecule has 0 saturated carbocycles. The zero-order chi connectivity index (χ0) is 20.3. The quantitative estimate of drug-likeness (QED) is 0.675. The number of para-hydroxylation sites is 1. The predicted octanol–water partition coefficient (Wildman–Crippen LogP) is 3.01. The topological polar surface area (TPSA) is 67.6 Å². The van der Waals surface area contributed by atoms with Gasteiger partial charge in [-0.25, -0.2) is 4.68 Å². The Kier molecular flexibility index (Phi) is 5.80. The second kappa shape index (κ2) is 8.49. The molecular weight excluding hydrogens is 386 g/mol. The second-order valence-corrected chi connectivity index (χ2v) is 8.45. The lowest BCUT2D eigenvalue weighted by Gasteiger charge is -2.38. The van der Waals surface area contributed by atoms with E-state index in [0.29, 0.717) is 12.8 Å². The molecular formula is C22H25N3O3S. The first-order valence-electron chi connectivity index (χ1n) is 9.75. The van der Waals surface area contributed by atoms with E-state index < -0.39 is 5.60 Å². The average molecular weight is 412 g/mol. The number of piperidine rings is 1. The summed E-state index contributed by atoms with van der Waals surface area (Å²) in [5.74, 6) is 0.884. The molecule has 1 aromatic carbocycles. The third kappa shape index (κ3) is 4.58. The van der Waals surface area contributed by atoms with Gasteiger partial charge in [0.05, 0.1) is 24.1 Å². The standard InChI is InChI=1S/C22H25N3O3S/c1-28-19-6-3-2-5-17(19)15-24-12-10-22(27,11-13-24)16-25-21(26)9-8-18(23-25)20-7-4-14-29-20/h2-9,14,27H,10-13,15-16H2,1H3. The number of hydrogen-bond acceptors (Lipinski definition) is 6. The van der Waals surface area contributed by atoms with E-state index in [9.17, 15) is 9.90 Å². The monoisotopic (exact) mass is 411 g/mol. The highest BCUT2D eigenvalue weighted by atomic mass is 32.1. The summed E-state index contributed by atoms with van der Waals surface area (Å²) in [5.41, 5.74) is 0.788. The maximum Gasteiger partial charge on any atom is 0.266 e. The van der Waals surface area contributed by atoms with Crippen LogP contribution in [0.5, 0.6) is 5.75 Å². The van der Waals surface area contributed by atoms with E-state index in [4.69, 9.17) is 4.74 Å².